The number of hydrogen-bond acceptors (Lipinski definition) is 3. The minimum absolute atomic E-state index is 0.164. The van der Waals surface area contributed by atoms with Gasteiger partial charge in [-0.25, -0.2) is 4.99 Å². The quantitative estimate of drug-likeness (QED) is 0.241. The van der Waals surface area contributed by atoms with Gasteiger partial charge >= 0.3 is 0 Å². The van der Waals surface area contributed by atoms with E-state index in [4.69, 9.17) is 11.5 Å². The van der Waals surface area contributed by atoms with Crippen molar-refractivity contribution in [3.05, 3.63) is 130 Å². The molecule has 0 bridgehead atoms. The van der Waals surface area contributed by atoms with E-state index in [-0.39, 0.29) is 11.7 Å². The summed E-state index contributed by atoms with van der Waals surface area (Å²) in [6, 6.07) is 30.2. The molecule has 4 rings (SSSR count). The van der Waals surface area contributed by atoms with Gasteiger partial charge in [-0.05, 0) is 66.8 Å². The number of nitrogens with one attached hydrogen (secondary N) is 1. The Morgan fingerprint density at radius 3 is 2.03 bits per heavy atom. The fourth-order valence-corrected chi connectivity index (χ4v) is 3.89. The minimum Gasteiger partial charge on any atom is -0.383 e. The van der Waals surface area contributed by atoms with Crippen LogP contribution in [0.4, 0.5) is 11.4 Å². The lowest BCUT2D eigenvalue weighted by molar-refractivity contribution is 0.0997. The first-order valence-electron chi connectivity index (χ1n) is 11.7. The highest BCUT2D eigenvalue weighted by Crippen LogP contribution is 2.24. The molecule has 0 fully saturated rings. The molecular formula is C30H28N4O2. The summed E-state index contributed by atoms with van der Waals surface area (Å²) < 4.78 is 0. The lowest BCUT2D eigenvalue weighted by atomic mass is 10.0. The maximum absolute atomic E-state index is 12.9. The van der Waals surface area contributed by atoms with Crippen LogP contribution in [0.25, 0.3) is 0 Å². The summed E-state index contributed by atoms with van der Waals surface area (Å²) in [5.74, 6) is -0.621. The summed E-state index contributed by atoms with van der Waals surface area (Å²) >= 11 is 0. The molecule has 0 heterocycles. The predicted octanol–water partition coefficient (Wildman–Crippen LogP) is 5.17. The Hall–Kier alpha value is -4.71. The Morgan fingerprint density at radius 2 is 1.36 bits per heavy atom. The number of nitrogens with zero attached hydrogens (tertiary/aromatic N) is 1. The number of carbonyl (C=O) groups excluding carboxylic acids is 2. The number of aliphatic imine (C=N–C) groups is 1. The van der Waals surface area contributed by atoms with Gasteiger partial charge in [0.05, 0.1) is 11.3 Å². The van der Waals surface area contributed by atoms with Crippen LogP contribution in [0.3, 0.4) is 0 Å². The second-order valence-corrected chi connectivity index (χ2v) is 8.54. The van der Waals surface area contributed by atoms with Crippen molar-refractivity contribution in [1.29, 1.82) is 0 Å². The molecule has 0 atom stereocenters. The highest BCUT2D eigenvalue weighted by Gasteiger charge is 2.12. The molecule has 0 aliphatic rings. The van der Waals surface area contributed by atoms with E-state index in [9.17, 15) is 9.59 Å². The fourth-order valence-electron chi connectivity index (χ4n) is 3.89. The van der Waals surface area contributed by atoms with Gasteiger partial charge in [0.15, 0.2) is 0 Å². The van der Waals surface area contributed by atoms with E-state index in [1.807, 2.05) is 55.5 Å². The Bertz CT molecular complexity index is 1410. The Labute approximate surface area is 210 Å². The van der Waals surface area contributed by atoms with Crippen LogP contribution in [0.2, 0.25) is 0 Å². The van der Waals surface area contributed by atoms with Gasteiger partial charge in [-0.2, -0.15) is 0 Å². The molecule has 6 heteroatoms. The summed E-state index contributed by atoms with van der Waals surface area (Å²) in [7, 11) is 0. The summed E-state index contributed by atoms with van der Waals surface area (Å²) in [4.78, 5) is 29.1. The van der Waals surface area contributed by atoms with Crippen LogP contribution in [-0.2, 0) is 12.8 Å². The normalized spacial score (nSPS) is 11.2. The Balaban J connectivity index is 1.46. The zero-order chi connectivity index (χ0) is 25.5. The number of benzene rings is 4. The zero-order valence-electron chi connectivity index (χ0n) is 20.1. The molecule has 0 aliphatic carbocycles. The topological polar surface area (TPSA) is 111 Å². The zero-order valence-corrected chi connectivity index (χ0v) is 20.1. The summed E-state index contributed by atoms with van der Waals surface area (Å²) in [5, 5.41) is 2.96. The maximum Gasteiger partial charge on any atom is 0.255 e. The summed E-state index contributed by atoms with van der Waals surface area (Å²) in [6.07, 6.45) is 1.86. The number of carbonyl (C=O) groups is 2. The molecule has 4 aromatic rings. The molecule has 5 N–H and O–H groups in total. The lowest BCUT2D eigenvalue weighted by Crippen LogP contribution is -2.21. The maximum atomic E-state index is 12.9. The van der Waals surface area contributed by atoms with Crippen LogP contribution in [0.15, 0.2) is 102 Å². The van der Waals surface area contributed by atoms with Gasteiger partial charge in [-0.1, -0.05) is 66.7 Å². The number of aryl methyl sites for hydroxylation is 3. The van der Waals surface area contributed by atoms with Gasteiger partial charge in [-0.3, -0.25) is 9.59 Å². The van der Waals surface area contributed by atoms with Crippen LogP contribution in [0.1, 0.15) is 43.0 Å². The molecule has 0 aromatic heterocycles. The second kappa shape index (κ2) is 11.1. The van der Waals surface area contributed by atoms with Gasteiger partial charge in [-0.15, -0.1) is 0 Å². The summed E-state index contributed by atoms with van der Waals surface area (Å²) in [5.41, 5.74) is 17.5. The SMILES string of the molecule is Cc1ccc(N=C(N)c2ccccc2C(N)=O)cc1NC(=O)c1ccc(CCc2ccccc2)cc1. The van der Waals surface area contributed by atoms with Gasteiger partial charge < -0.3 is 16.8 Å². The highest BCUT2D eigenvalue weighted by molar-refractivity contribution is 6.09. The van der Waals surface area contributed by atoms with Crippen molar-refractivity contribution in [2.45, 2.75) is 19.8 Å². The molecule has 0 spiro atoms. The number of nitrogens with two attached hydrogens (primary N) is 2. The van der Waals surface area contributed by atoms with Crippen LogP contribution in [-0.4, -0.2) is 17.6 Å². The standard InChI is InChI=1S/C30H28N4O2/c1-20-11-18-24(33-28(31)25-9-5-6-10-26(25)29(32)35)19-27(20)34-30(36)23-16-14-22(15-17-23)13-12-21-7-3-2-4-8-21/h2-11,14-19H,12-13H2,1H3,(H2,31,33)(H2,32,35)(H,34,36). The average molecular weight is 477 g/mol. The van der Waals surface area contributed by atoms with Gasteiger partial charge in [0, 0.05) is 16.8 Å². The van der Waals surface area contributed by atoms with Crippen molar-refractivity contribution < 1.29 is 9.59 Å². The monoisotopic (exact) mass is 476 g/mol. The van der Waals surface area contributed by atoms with Crippen molar-refractivity contribution in [2.24, 2.45) is 16.5 Å². The van der Waals surface area contributed by atoms with E-state index in [1.54, 1.807) is 36.4 Å². The van der Waals surface area contributed by atoms with Crippen molar-refractivity contribution in [3.63, 3.8) is 0 Å². The number of anilines is 1. The van der Waals surface area contributed by atoms with E-state index in [1.165, 1.54) is 11.1 Å². The van der Waals surface area contributed by atoms with Crippen LogP contribution in [0.5, 0.6) is 0 Å². The molecule has 0 aliphatic heterocycles. The van der Waals surface area contributed by atoms with Crippen LogP contribution >= 0.6 is 0 Å². The molecule has 2 amide bonds. The van der Waals surface area contributed by atoms with Crippen molar-refractivity contribution in [2.75, 3.05) is 5.32 Å². The van der Waals surface area contributed by atoms with E-state index < -0.39 is 5.91 Å². The third-order valence-corrected chi connectivity index (χ3v) is 5.95. The van der Waals surface area contributed by atoms with Gasteiger partial charge in [0.25, 0.3) is 5.91 Å². The number of amides is 2. The Kier molecular flexibility index (Phi) is 7.56. The first-order valence-corrected chi connectivity index (χ1v) is 11.7. The third kappa shape index (κ3) is 6.04. The largest absolute Gasteiger partial charge is 0.383 e. The molecule has 0 radical (unpaired) electrons. The highest BCUT2D eigenvalue weighted by atomic mass is 16.2. The van der Waals surface area contributed by atoms with Crippen LogP contribution < -0.4 is 16.8 Å². The fraction of sp³-hybridized carbons (Fsp3) is 0.100. The lowest BCUT2D eigenvalue weighted by Gasteiger charge is -2.11. The molecule has 0 unspecified atom stereocenters. The second-order valence-electron chi connectivity index (χ2n) is 8.54. The predicted molar refractivity (Wildman–Crippen MR) is 145 cm³/mol. The van der Waals surface area contributed by atoms with Crippen LogP contribution in [0, 0.1) is 6.92 Å². The molecule has 6 nitrogen and oxygen atoms in total. The number of hydrogen-bond donors (Lipinski definition) is 3. The molecule has 4 aromatic carbocycles. The van der Waals surface area contributed by atoms with E-state index in [0.717, 1.165) is 18.4 Å². The molecule has 0 saturated heterocycles. The van der Waals surface area contributed by atoms with E-state index in [2.05, 4.69) is 22.4 Å². The minimum atomic E-state index is -0.577. The number of primary amides is 1. The van der Waals surface area contributed by atoms with Crippen molar-refractivity contribution in [1.82, 2.24) is 0 Å². The van der Waals surface area contributed by atoms with Crippen molar-refractivity contribution >= 4 is 29.0 Å². The molecule has 0 saturated carbocycles. The number of amidine groups is 1. The molecule has 180 valence electrons. The summed E-state index contributed by atoms with van der Waals surface area (Å²) in [6.45, 7) is 1.90. The average Bonchev–Trinajstić information content (AvgIpc) is 2.90. The smallest absolute Gasteiger partial charge is 0.255 e. The van der Waals surface area contributed by atoms with Gasteiger partial charge in [0.2, 0.25) is 5.91 Å². The van der Waals surface area contributed by atoms with Gasteiger partial charge in [0.1, 0.15) is 5.84 Å². The molecule has 36 heavy (non-hydrogen) atoms. The van der Waals surface area contributed by atoms with E-state index in [0.29, 0.717) is 28.1 Å². The molecular weight excluding hydrogens is 448 g/mol. The van der Waals surface area contributed by atoms with Crippen molar-refractivity contribution in [3.8, 4) is 0 Å². The third-order valence-electron chi connectivity index (χ3n) is 5.95. The van der Waals surface area contributed by atoms with E-state index >= 15 is 0 Å². The first kappa shape index (κ1) is 24.4. The number of rotatable bonds is 8. The first-order chi connectivity index (χ1) is 17.4. The Morgan fingerprint density at radius 1 is 0.750 bits per heavy atom.